The van der Waals surface area contributed by atoms with Gasteiger partial charge in [0.2, 0.25) is 0 Å². The monoisotopic (exact) mass is 326 g/mol. The van der Waals surface area contributed by atoms with Crippen LogP contribution in [0, 0.1) is 0 Å². The second kappa shape index (κ2) is 5.80. The van der Waals surface area contributed by atoms with Crippen molar-refractivity contribution in [3.63, 3.8) is 0 Å². The van der Waals surface area contributed by atoms with Crippen molar-refractivity contribution in [1.29, 1.82) is 0 Å². The van der Waals surface area contributed by atoms with E-state index in [-0.39, 0.29) is 11.1 Å². The molecule has 0 bridgehead atoms. The Morgan fingerprint density at radius 3 is 1.06 bits per heavy atom. The van der Waals surface area contributed by atoms with Gasteiger partial charge in [0, 0.05) is 11.1 Å². The highest BCUT2D eigenvalue weighted by molar-refractivity contribution is 6.76. The summed E-state index contributed by atoms with van der Waals surface area (Å²) in [5.74, 6) is 0. The molecule has 18 heavy (non-hydrogen) atoms. The Hall–Kier alpha value is -0.940. The molecule has 0 aliphatic rings. The normalized spacial score (nSPS) is 10.0. The summed E-state index contributed by atoms with van der Waals surface area (Å²) >= 11 is 21.0. The fourth-order valence-electron chi connectivity index (χ4n) is 1.34. The SMILES string of the molecule is O=C(Cl)c1ccc(C(=O)Cl)c(C(=O)Cl)c1C(=O)Cl. The summed E-state index contributed by atoms with van der Waals surface area (Å²) in [4.78, 5) is 44.7. The van der Waals surface area contributed by atoms with Crippen LogP contribution in [0.1, 0.15) is 41.4 Å². The van der Waals surface area contributed by atoms with E-state index in [0.29, 0.717) is 0 Å². The average Bonchev–Trinajstić information content (AvgIpc) is 2.26. The van der Waals surface area contributed by atoms with Crippen LogP contribution in [0.4, 0.5) is 0 Å². The van der Waals surface area contributed by atoms with Gasteiger partial charge >= 0.3 is 0 Å². The van der Waals surface area contributed by atoms with Crippen molar-refractivity contribution in [2.75, 3.05) is 0 Å². The molecular formula is C10H2Cl4O4. The van der Waals surface area contributed by atoms with Gasteiger partial charge in [-0.25, -0.2) is 0 Å². The van der Waals surface area contributed by atoms with Crippen molar-refractivity contribution in [2.45, 2.75) is 0 Å². The number of hydrogen-bond acceptors (Lipinski definition) is 4. The molecule has 4 nitrogen and oxygen atoms in total. The molecule has 0 amide bonds. The van der Waals surface area contributed by atoms with Crippen LogP contribution in [-0.2, 0) is 0 Å². The van der Waals surface area contributed by atoms with Crippen LogP contribution in [0.15, 0.2) is 12.1 Å². The lowest BCUT2D eigenvalue weighted by molar-refractivity contribution is 0.103. The summed E-state index contributed by atoms with van der Waals surface area (Å²) < 4.78 is 0. The van der Waals surface area contributed by atoms with Gasteiger partial charge in [-0.3, -0.25) is 19.2 Å². The van der Waals surface area contributed by atoms with E-state index in [0.717, 1.165) is 12.1 Å². The summed E-state index contributed by atoms with van der Waals surface area (Å²) in [6.45, 7) is 0. The lowest BCUT2D eigenvalue weighted by Gasteiger charge is -2.09. The predicted molar refractivity (Wildman–Crippen MR) is 67.2 cm³/mol. The third-order valence-corrected chi connectivity index (χ3v) is 2.81. The molecule has 0 aliphatic carbocycles. The van der Waals surface area contributed by atoms with Crippen molar-refractivity contribution in [3.05, 3.63) is 34.4 Å². The lowest BCUT2D eigenvalue weighted by atomic mass is 9.98. The first-order valence-corrected chi connectivity index (χ1v) is 5.74. The van der Waals surface area contributed by atoms with Crippen LogP contribution in [0.25, 0.3) is 0 Å². The Balaban J connectivity index is 3.82. The smallest absolute Gasteiger partial charge is 0.253 e. The Kier molecular flexibility index (Phi) is 4.87. The maximum absolute atomic E-state index is 11.3. The molecule has 0 spiro atoms. The fraction of sp³-hybridized carbons (Fsp3) is 0. The number of carbonyl (C=O) groups excluding carboxylic acids is 4. The van der Waals surface area contributed by atoms with Crippen molar-refractivity contribution >= 4 is 67.4 Å². The molecule has 0 aromatic heterocycles. The zero-order chi connectivity index (χ0) is 14.0. The Morgan fingerprint density at radius 2 is 0.889 bits per heavy atom. The molecule has 0 fully saturated rings. The largest absolute Gasteiger partial charge is 0.276 e. The quantitative estimate of drug-likeness (QED) is 0.796. The van der Waals surface area contributed by atoms with Gasteiger partial charge < -0.3 is 0 Å². The van der Waals surface area contributed by atoms with Gasteiger partial charge in [0.25, 0.3) is 21.0 Å². The first kappa shape index (κ1) is 15.1. The minimum Gasteiger partial charge on any atom is -0.276 e. The average molecular weight is 328 g/mol. The van der Waals surface area contributed by atoms with Crippen LogP contribution < -0.4 is 0 Å². The van der Waals surface area contributed by atoms with Gasteiger partial charge in [-0.05, 0) is 58.5 Å². The number of rotatable bonds is 4. The van der Waals surface area contributed by atoms with E-state index in [2.05, 4.69) is 0 Å². The topological polar surface area (TPSA) is 68.3 Å². The Labute approximate surface area is 121 Å². The molecule has 0 saturated heterocycles. The molecule has 0 N–H and O–H groups in total. The van der Waals surface area contributed by atoms with Crippen LogP contribution in [0.3, 0.4) is 0 Å². The number of carbonyl (C=O) groups is 4. The number of halogens is 4. The maximum atomic E-state index is 11.3. The van der Waals surface area contributed by atoms with Crippen LogP contribution >= 0.6 is 46.4 Å². The lowest BCUT2D eigenvalue weighted by Crippen LogP contribution is -2.12. The van der Waals surface area contributed by atoms with Gasteiger partial charge in [-0.2, -0.15) is 0 Å². The molecule has 1 aromatic rings. The third kappa shape index (κ3) is 2.90. The Morgan fingerprint density at radius 1 is 0.611 bits per heavy atom. The zero-order valence-corrected chi connectivity index (χ0v) is 11.3. The van der Waals surface area contributed by atoms with Gasteiger partial charge in [-0.15, -0.1) is 0 Å². The molecule has 1 aromatic carbocycles. The third-order valence-electron chi connectivity index (χ3n) is 2.02. The second-order valence-electron chi connectivity index (χ2n) is 3.01. The van der Waals surface area contributed by atoms with E-state index in [1.54, 1.807) is 0 Å². The minimum absolute atomic E-state index is 0.331. The molecular weight excluding hydrogens is 326 g/mol. The van der Waals surface area contributed by atoms with Crippen LogP contribution in [-0.4, -0.2) is 21.0 Å². The molecule has 0 unspecified atom stereocenters. The highest BCUT2D eigenvalue weighted by Crippen LogP contribution is 2.26. The maximum Gasteiger partial charge on any atom is 0.253 e. The Bertz CT molecular complexity index is 528. The van der Waals surface area contributed by atoms with E-state index >= 15 is 0 Å². The molecule has 94 valence electrons. The standard InChI is InChI=1S/C10H2Cl4O4/c11-7(15)3-1-2-4(8(12)16)6(10(14)18)5(3)9(13)17/h1-2H. The number of benzene rings is 1. The van der Waals surface area contributed by atoms with Crippen molar-refractivity contribution < 1.29 is 19.2 Å². The van der Waals surface area contributed by atoms with Gasteiger partial charge in [0.1, 0.15) is 0 Å². The van der Waals surface area contributed by atoms with Gasteiger partial charge in [0.15, 0.2) is 0 Å². The summed E-state index contributed by atoms with van der Waals surface area (Å²) in [7, 11) is 0. The molecule has 0 aliphatic heterocycles. The highest BCUT2D eigenvalue weighted by atomic mass is 35.5. The van der Waals surface area contributed by atoms with Crippen molar-refractivity contribution in [2.24, 2.45) is 0 Å². The predicted octanol–water partition coefficient (Wildman–Crippen LogP) is 3.20. The fourth-order valence-corrected chi connectivity index (χ4v) is 2.05. The van der Waals surface area contributed by atoms with Gasteiger partial charge in [0.05, 0.1) is 11.1 Å². The van der Waals surface area contributed by atoms with E-state index in [4.69, 9.17) is 46.4 Å². The highest BCUT2D eigenvalue weighted by Gasteiger charge is 2.27. The van der Waals surface area contributed by atoms with Gasteiger partial charge in [-0.1, -0.05) is 0 Å². The molecule has 0 heterocycles. The van der Waals surface area contributed by atoms with E-state index in [9.17, 15) is 19.2 Å². The zero-order valence-electron chi connectivity index (χ0n) is 8.30. The summed E-state index contributed by atoms with van der Waals surface area (Å²) in [5.41, 5.74) is -1.74. The molecule has 1 rings (SSSR count). The molecule has 8 heteroatoms. The first-order valence-electron chi connectivity index (χ1n) is 4.23. The second-order valence-corrected chi connectivity index (χ2v) is 4.38. The molecule has 0 atom stereocenters. The summed E-state index contributed by atoms with van der Waals surface area (Å²) in [6.07, 6.45) is 0. The number of hydrogen-bond donors (Lipinski definition) is 0. The van der Waals surface area contributed by atoms with Crippen LogP contribution in [0.5, 0.6) is 0 Å². The van der Waals surface area contributed by atoms with Crippen molar-refractivity contribution in [1.82, 2.24) is 0 Å². The molecule has 0 radical (unpaired) electrons. The van der Waals surface area contributed by atoms with E-state index in [1.807, 2.05) is 0 Å². The first-order chi connectivity index (χ1) is 8.27. The summed E-state index contributed by atoms with van der Waals surface area (Å²) in [5, 5.41) is -4.34. The summed E-state index contributed by atoms with van der Waals surface area (Å²) in [6, 6.07) is 2.12. The van der Waals surface area contributed by atoms with E-state index in [1.165, 1.54) is 0 Å². The van der Waals surface area contributed by atoms with E-state index < -0.39 is 32.1 Å². The van der Waals surface area contributed by atoms with Crippen LogP contribution in [0.2, 0.25) is 0 Å². The van der Waals surface area contributed by atoms with Crippen molar-refractivity contribution in [3.8, 4) is 0 Å². The molecule has 0 saturated carbocycles. The minimum atomic E-state index is -1.15.